The van der Waals surface area contributed by atoms with Gasteiger partial charge in [0.2, 0.25) is 0 Å². The summed E-state index contributed by atoms with van der Waals surface area (Å²) in [7, 11) is -3.60. The third-order valence-corrected chi connectivity index (χ3v) is 6.08. The van der Waals surface area contributed by atoms with Crippen molar-refractivity contribution < 1.29 is 18.1 Å². The number of carbonyl (C=O) groups excluding carboxylic acids is 1. The third-order valence-electron chi connectivity index (χ3n) is 3.45. The van der Waals surface area contributed by atoms with Crippen molar-refractivity contribution in [1.82, 2.24) is 4.90 Å². The van der Waals surface area contributed by atoms with Crippen molar-refractivity contribution >= 4 is 27.3 Å². The fourth-order valence-corrected chi connectivity index (χ4v) is 4.14. The van der Waals surface area contributed by atoms with Crippen LogP contribution in [0.25, 0.3) is 0 Å². The normalized spacial score (nSPS) is 18.1. The summed E-state index contributed by atoms with van der Waals surface area (Å²) in [5.74, 6) is -0.759. The van der Waals surface area contributed by atoms with Crippen LogP contribution in [0.4, 0.5) is 9.18 Å². The maximum absolute atomic E-state index is 13.8. The highest BCUT2D eigenvalue weighted by Crippen LogP contribution is 2.31. The van der Waals surface area contributed by atoms with Crippen molar-refractivity contribution in [2.75, 3.05) is 0 Å². The molecular weight excluding hydrogens is 341 g/mol. The molecule has 1 atom stereocenters. The number of halogens is 1. The van der Waals surface area contributed by atoms with Gasteiger partial charge in [0, 0.05) is 10.9 Å². The summed E-state index contributed by atoms with van der Waals surface area (Å²) < 4.78 is 37.8. The summed E-state index contributed by atoms with van der Waals surface area (Å²) >= 11 is 0.870. The second kappa shape index (κ2) is 6.37. The number of hydrogen-bond donors (Lipinski definition) is 2. The molecule has 0 radical (unpaired) electrons. The molecule has 1 aliphatic carbocycles. The van der Waals surface area contributed by atoms with Crippen molar-refractivity contribution in [2.24, 2.45) is 5.14 Å². The van der Waals surface area contributed by atoms with E-state index >= 15 is 0 Å². The highest BCUT2D eigenvalue weighted by atomic mass is 32.2. The molecule has 1 fully saturated rings. The lowest BCUT2D eigenvalue weighted by atomic mass is 9.91. The minimum atomic E-state index is -3.60. The first kappa shape index (κ1) is 18.2. The van der Waals surface area contributed by atoms with Gasteiger partial charge in [-0.3, -0.25) is 0 Å². The molecule has 2 rings (SSSR count). The second-order valence-electron chi connectivity index (χ2n) is 6.64. The zero-order valence-electron chi connectivity index (χ0n) is 13.4. The number of nitrogens with zero attached hydrogens (tertiary/aromatic N) is 1. The standard InChI is InChI=1S/C14H22FN3O3S2/c1-14(2,3)21-13(19)18(9-5-4-6-9)8-10-7-11(15)12(22-10)23(16,17)20/h7,9H,4-6,8H2,1-3H3,(H3,16,17,20). The van der Waals surface area contributed by atoms with Crippen LogP contribution < -0.4 is 5.14 Å². The fourth-order valence-electron chi connectivity index (χ4n) is 2.21. The van der Waals surface area contributed by atoms with Crippen molar-refractivity contribution in [3.63, 3.8) is 0 Å². The van der Waals surface area contributed by atoms with E-state index in [0.29, 0.717) is 4.88 Å². The molecule has 0 aliphatic heterocycles. The van der Waals surface area contributed by atoms with Gasteiger partial charge in [-0.15, -0.1) is 11.3 Å². The Morgan fingerprint density at radius 2 is 2.17 bits per heavy atom. The fraction of sp³-hybridized carbons (Fsp3) is 0.643. The van der Waals surface area contributed by atoms with Gasteiger partial charge in [-0.1, -0.05) is 0 Å². The smallest absolute Gasteiger partial charge is 0.410 e. The summed E-state index contributed by atoms with van der Waals surface area (Å²) in [6, 6.07) is 1.26. The van der Waals surface area contributed by atoms with Crippen molar-refractivity contribution in [3.05, 3.63) is 16.8 Å². The number of amides is 1. The SMILES string of the molecule is CC(C)(C)OC(=O)N(Cc1cc(F)c(S(=N)(N)=O)s1)C1CCC1. The lowest BCUT2D eigenvalue weighted by Gasteiger charge is -2.38. The molecule has 1 saturated carbocycles. The van der Waals surface area contributed by atoms with Crippen LogP contribution in [0.5, 0.6) is 0 Å². The average molecular weight is 363 g/mol. The highest BCUT2D eigenvalue weighted by molar-refractivity contribution is 7.92. The largest absolute Gasteiger partial charge is 0.444 e. The Balaban J connectivity index is 2.20. The molecule has 1 heterocycles. The van der Waals surface area contributed by atoms with E-state index in [-0.39, 0.29) is 16.8 Å². The van der Waals surface area contributed by atoms with Crippen LogP contribution in [0.15, 0.2) is 10.3 Å². The highest BCUT2D eigenvalue weighted by Gasteiger charge is 2.32. The lowest BCUT2D eigenvalue weighted by Crippen LogP contribution is -2.45. The molecule has 1 aromatic rings. The maximum atomic E-state index is 13.8. The quantitative estimate of drug-likeness (QED) is 0.857. The van der Waals surface area contributed by atoms with Crippen LogP contribution in [0, 0.1) is 10.6 Å². The molecule has 0 saturated heterocycles. The number of nitrogens with two attached hydrogens (primary N) is 1. The molecule has 1 aromatic heterocycles. The Kier molecular flexibility index (Phi) is 5.03. The van der Waals surface area contributed by atoms with E-state index in [9.17, 15) is 13.4 Å². The first-order chi connectivity index (χ1) is 10.5. The van der Waals surface area contributed by atoms with E-state index in [1.807, 2.05) is 0 Å². The molecule has 1 amide bonds. The molecule has 130 valence electrons. The van der Waals surface area contributed by atoms with Gasteiger partial charge in [0.15, 0.2) is 10.0 Å². The molecular formula is C14H22FN3O3S2. The molecule has 0 bridgehead atoms. The van der Waals surface area contributed by atoms with Crippen LogP contribution in [-0.2, 0) is 21.2 Å². The topological polar surface area (TPSA) is 96.5 Å². The summed E-state index contributed by atoms with van der Waals surface area (Å²) in [6.45, 7) is 5.53. The Bertz CT molecular complexity index is 691. The summed E-state index contributed by atoms with van der Waals surface area (Å²) in [4.78, 5) is 14.5. The van der Waals surface area contributed by atoms with E-state index in [4.69, 9.17) is 14.7 Å². The Morgan fingerprint density at radius 3 is 2.57 bits per heavy atom. The zero-order chi connectivity index (χ0) is 17.4. The Morgan fingerprint density at radius 1 is 1.57 bits per heavy atom. The van der Waals surface area contributed by atoms with Gasteiger partial charge in [0.05, 0.1) is 6.54 Å². The van der Waals surface area contributed by atoms with Crippen LogP contribution in [0.2, 0.25) is 0 Å². The van der Waals surface area contributed by atoms with E-state index in [1.54, 1.807) is 25.7 Å². The number of carbonyl (C=O) groups is 1. The van der Waals surface area contributed by atoms with Crippen molar-refractivity contribution in [2.45, 2.75) is 62.4 Å². The van der Waals surface area contributed by atoms with E-state index < -0.39 is 27.4 Å². The van der Waals surface area contributed by atoms with Crippen LogP contribution >= 0.6 is 11.3 Å². The van der Waals surface area contributed by atoms with E-state index in [1.165, 1.54) is 6.07 Å². The molecule has 23 heavy (non-hydrogen) atoms. The molecule has 9 heteroatoms. The number of thiophene rings is 1. The molecule has 0 aromatic carbocycles. The van der Waals surface area contributed by atoms with Crippen molar-refractivity contribution in [3.8, 4) is 0 Å². The van der Waals surface area contributed by atoms with Gasteiger partial charge in [0.1, 0.15) is 15.5 Å². The lowest BCUT2D eigenvalue weighted by molar-refractivity contribution is 0.00488. The minimum absolute atomic E-state index is 0.0664. The Labute approximate surface area is 139 Å². The number of rotatable bonds is 4. The zero-order valence-corrected chi connectivity index (χ0v) is 15.1. The molecule has 0 spiro atoms. The number of nitrogens with one attached hydrogen (secondary N) is 1. The Hall–Kier alpha value is -1.19. The van der Waals surface area contributed by atoms with Gasteiger partial charge >= 0.3 is 6.09 Å². The minimum Gasteiger partial charge on any atom is -0.444 e. The monoisotopic (exact) mass is 363 g/mol. The maximum Gasteiger partial charge on any atom is 0.410 e. The van der Waals surface area contributed by atoms with Crippen LogP contribution in [0.3, 0.4) is 0 Å². The predicted molar refractivity (Wildman–Crippen MR) is 87.0 cm³/mol. The second-order valence-corrected chi connectivity index (χ2v) is 9.65. The molecule has 3 N–H and O–H groups in total. The van der Waals surface area contributed by atoms with Gasteiger partial charge in [-0.05, 0) is 46.1 Å². The molecule has 1 unspecified atom stereocenters. The summed E-state index contributed by atoms with van der Waals surface area (Å²) in [5, 5.41) is 5.20. The van der Waals surface area contributed by atoms with Gasteiger partial charge in [-0.25, -0.2) is 23.3 Å². The summed E-state index contributed by atoms with van der Waals surface area (Å²) in [5.41, 5.74) is -0.613. The van der Waals surface area contributed by atoms with E-state index in [0.717, 1.165) is 30.6 Å². The first-order valence-electron chi connectivity index (χ1n) is 7.32. The van der Waals surface area contributed by atoms with Gasteiger partial charge < -0.3 is 9.64 Å². The third kappa shape index (κ3) is 4.65. The molecule has 6 nitrogen and oxygen atoms in total. The average Bonchev–Trinajstić information content (AvgIpc) is 2.64. The first-order valence-corrected chi connectivity index (χ1v) is 9.75. The molecule has 1 aliphatic rings. The predicted octanol–water partition coefficient (Wildman–Crippen LogP) is 3.46. The van der Waals surface area contributed by atoms with E-state index in [2.05, 4.69) is 0 Å². The number of ether oxygens (including phenoxy) is 1. The van der Waals surface area contributed by atoms with Crippen LogP contribution in [0.1, 0.15) is 44.9 Å². The van der Waals surface area contributed by atoms with Crippen molar-refractivity contribution in [1.29, 1.82) is 4.78 Å². The summed E-state index contributed by atoms with van der Waals surface area (Å²) in [6.07, 6.45) is 2.35. The van der Waals surface area contributed by atoms with Gasteiger partial charge in [0.25, 0.3) is 0 Å². The number of hydrogen-bond acceptors (Lipinski definition) is 5. The van der Waals surface area contributed by atoms with Crippen LogP contribution in [-0.4, -0.2) is 26.8 Å². The van der Waals surface area contributed by atoms with Gasteiger partial charge in [-0.2, -0.15) is 0 Å².